The lowest BCUT2D eigenvalue weighted by molar-refractivity contribution is 0.331. The van der Waals surface area contributed by atoms with E-state index in [1.165, 1.54) is 48.4 Å². The van der Waals surface area contributed by atoms with Gasteiger partial charge >= 0.3 is 0 Å². The van der Waals surface area contributed by atoms with Gasteiger partial charge in [0.25, 0.3) is 0 Å². The number of likely N-dealkylation sites (tertiary alicyclic amines) is 1. The summed E-state index contributed by atoms with van der Waals surface area (Å²) in [5, 5.41) is 12.0. The first-order valence-corrected chi connectivity index (χ1v) is 10.8. The number of aromatic nitrogens is 5. The van der Waals surface area contributed by atoms with E-state index >= 15 is 0 Å². The van der Waals surface area contributed by atoms with Crippen molar-refractivity contribution in [3.8, 4) is 34.0 Å². The number of rotatable bonds is 6. The molecule has 0 spiro atoms. The first-order valence-electron chi connectivity index (χ1n) is 10.8. The molecule has 2 N–H and O–H groups in total. The minimum Gasteiger partial charge on any atom is -0.494 e. The monoisotopic (exact) mass is 445 g/mol. The first-order chi connectivity index (χ1) is 16.1. The summed E-state index contributed by atoms with van der Waals surface area (Å²) in [6, 6.07) is 14.5. The van der Waals surface area contributed by atoms with Crippen molar-refractivity contribution >= 4 is 5.82 Å². The largest absolute Gasteiger partial charge is 0.494 e. The zero-order valence-corrected chi connectivity index (χ0v) is 18.3. The van der Waals surface area contributed by atoms with Crippen LogP contribution in [0.2, 0.25) is 0 Å². The van der Waals surface area contributed by atoms with Crippen LogP contribution in [0.3, 0.4) is 0 Å². The molecule has 1 aliphatic heterocycles. The fourth-order valence-corrected chi connectivity index (χ4v) is 4.16. The molecular weight excluding hydrogens is 421 g/mol. The smallest absolute Gasteiger partial charge is 0.190 e. The lowest BCUT2D eigenvalue weighted by Crippen LogP contribution is -2.18. The van der Waals surface area contributed by atoms with Crippen LogP contribution < -0.4 is 10.5 Å². The first kappa shape index (κ1) is 21.0. The summed E-state index contributed by atoms with van der Waals surface area (Å²) in [5.41, 5.74) is 10.3. The fourth-order valence-electron chi connectivity index (χ4n) is 4.16. The second-order valence-corrected chi connectivity index (χ2v) is 8.07. The lowest BCUT2D eigenvalue weighted by Gasteiger charge is -2.15. The summed E-state index contributed by atoms with van der Waals surface area (Å²) in [4.78, 5) is 6.84. The molecule has 8 nitrogen and oxygen atoms in total. The molecule has 0 radical (unpaired) electrons. The average Bonchev–Trinajstić information content (AvgIpc) is 3.52. The van der Waals surface area contributed by atoms with Crippen molar-refractivity contribution in [3.05, 3.63) is 66.1 Å². The van der Waals surface area contributed by atoms with Crippen LogP contribution in [0, 0.1) is 5.82 Å². The minimum absolute atomic E-state index is 0.274. The van der Waals surface area contributed by atoms with Crippen molar-refractivity contribution in [2.24, 2.45) is 0 Å². The molecule has 3 heterocycles. The lowest BCUT2D eigenvalue weighted by atomic mass is 10.0. The van der Waals surface area contributed by atoms with E-state index in [0.29, 0.717) is 22.8 Å². The Morgan fingerprint density at radius 3 is 2.58 bits per heavy atom. The molecule has 168 valence electrons. The van der Waals surface area contributed by atoms with Crippen LogP contribution in [0.15, 0.2) is 54.7 Å². The Morgan fingerprint density at radius 2 is 1.82 bits per heavy atom. The Hall–Kier alpha value is -3.85. The van der Waals surface area contributed by atoms with Crippen LogP contribution in [-0.4, -0.2) is 50.3 Å². The molecule has 4 aromatic rings. The van der Waals surface area contributed by atoms with Gasteiger partial charge in [0.05, 0.1) is 12.7 Å². The molecule has 0 atom stereocenters. The topological polar surface area (TPSA) is 95.0 Å². The highest BCUT2D eigenvalue weighted by Crippen LogP contribution is 2.32. The summed E-state index contributed by atoms with van der Waals surface area (Å²) < 4.78 is 20.7. The number of anilines is 1. The highest BCUT2D eigenvalue weighted by Gasteiger charge is 2.19. The third-order valence-corrected chi connectivity index (χ3v) is 5.89. The van der Waals surface area contributed by atoms with E-state index in [-0.39, 0.29) is 5.82 Å². The Labute approximate surface area is 190 Å². The fraction of sp³-hybridized carbons (Fsp3) is 0.250. The van der Waals surface area contributed by atoms with Crippen molar-refractivity contribution < 1.29 is 9.13 Å². The molecule has 0 saturated carbocycles. The molecule has 0 unspecified atom stereocenters. The number of pyridine rings is 1. The van der Waals surface area contributed by atoms with Gasteiger partial charge < -0.3 is 10.5 Å². The number of hydrogen-bond donors (Lipinski definition) is 1. The number of halogens is 1. The summed E-state index contributed by atoms with van der Waals surface area (Å²) in [6.45, 7) is 3.30. The van der Waals surface area contributed by atoms with E-state index < -0.39 is 5.82 Å². The van der Waals surface area contributed by atoms with E-state index in [2.05, 4.69) is 49.7 Å². The van der Waals surface area contributed by atoms with Gasteiger partial charge in [-0.15, -0.1) is 5.10 Å². The summed E-state index contributed by atoms with van der Waals surface area (Å²) in [5.74, 6) is 0.620. The minimum atomic E-state index is -0.430. The number of nitrogens with zero attached hydrogens (tertiary/aromatic N) is 6. The number of ether oxygens (including phenoxy) is 1. The predicted octanol–water partition coefficient (Wildman–Crippen LogP) is 3.72. The second kappa shape index (κ2) is 8.95. The van der Waals surface area contributed by atoms with Gasteiger partial charge in [-0.25, -0.2) is 9.37 Å². The van der Waals surface area contributed by atoms with E-state index in [1.807, 2.05) is 6.07 Å². The highest BCUT2D eigenvalue weighted by atomic mass is 19.1. The zero-order valence-electron chi connectivity index (χ0n) is 18.3. The standard InChI is InChI=1S/C24H24FN7O/c1-33-22-9-8-19(25)13-21(22)32-24(28-29-30-32)20-12-18(14-27-23(20)26)17-6-4-16(5-7-17)15-31-10-2-3-11-31/h4-9,12-14H,2-3,10-11,15H2,1H3,(H2,26,27). The Kier molecular flexibility index (Phi) is 5.70. The SMILES string of the molecule is COc1ccc(F)cc1-n1nnnc1-c1cc(-c2ccc(CN3CCCC3)cc2)cnc1N. The molecule has 9 heteroatoms. The number of hydrogen-bond acceptors (Lipinski definition) is 7. The van der Waals surface area contributed by atoms with Gasteiger partial charge in [-0.1, -0.05) is 24.3 Å². The van der Waals surface area contributed by atoms with Crippen LogP contribution >= 0.6 is 0 Å². The predicted molar refractivity (Wildman–Crippen MR) is 123 cm³/mol. The highest BCUT2D eigenvalue weighted by molar-refractivity contribution is 5.76. The third-order valence-electron chi connectivity index (χ3n) is 5.89. The van der Waals surface area contributed by atoms with Gasteiger partial charge in [-0.2, -0.15) is 4.68 Å². The van der Waals surface area contributed by atoms with Crippen LogP contribution in [0.5, 0.6) is 5.75 Å². The van der Waals surface area contributed by atoms with Crippen molar-refractivity contribution in [1.29, 1.82) is 0 Å². The van der Waals surface area contributed by atoms with Crippen LogP contribution in [0.4, 0.5) is 10.2 Å². The Balaban J connectivity index is 1.49. The van der Waals surface area contributed by atoms with Crippen LogP contribution in [-0.2, 0) is 6.54 Å². The molecule has 33 heavy (non-hydrogen) atoms. The quantitative estimate of drug-likeness (QED) is 0.483. The molecule has 1 saturated heterocycles. The van der Waals surface area contributed by atoms with Gasteiger partial charge in [0.1, 0.15) is 23.1 Å². The molecule has 1 fully saturated rings. The number of tetrazole rings is 1. The summed E-state index contributed by atoms with van der Waals surface area (Å²) in [6.07, 6.45) is 4.28. The number of methoxy groups -OCH3 is 1. The van der Waals surface area contributed by atoms with Gasteiger partial charge in [0.15, 0.2) is 5.82 Å². The van der Waals surface area contributed by atoms with E-state index in [4.69, 9.17) is 10.5 Å². The normalized spacial score (nSPS) is 14.0. The number of nitrogens with two attached hydrogens (primary N) is 1. The van der Waals surface area contributed by atoms with Crippen LogP contribution in [0.25, 0.3) is 28.2 Å². The second-order valence-electron chi connectivity index (χ2n) is 8.07. The molecule has 2 aromatic heterocycles. The number of nitrogen functional groups attached to an aromatic ring is 1. The van der Waals surface area contributed by atoms with Crippen molar-refractivity contribution in [2.45, 2.75) is 19.4 Å². The molecule has 2 aromatic carbocycles. The molecule has 0 bridgehead atoms. The maximum atomic E-state index is 14.0. The third kappa shape index (κ3) is 4.27. The summed E-state index contributed by atoms with van der Waals surface area (Å²) in [7, 11) is 1.50. The van der Waals surface area contributed by atoms with E-state index in [1.54, 1.807) is 6.20 Å². The zero-order chi connectivity index (χ0) is 22.8. The van der Waals surface area contributed by atoms with Gasteiger partial charge in [-0.3, -0.25) is 4.90 Å². The van der Waals surface area contributed by atoms with Gasteiger partial charge in [0.2, 0.25) is 0 Å². The van der Waals surface area contributed by atoms with E-state index in [9.17, 15) is 4.39 Å². The maximum absolute atomic E-state index is 14.0. The van der Waals surface area contributed by atoms with E-state index in [0.717, 1.165) is 30.8 Å². The Morgan fingerprint density at radius 1 is 1.03 bits per heavy atom. The van der Waals surface area contributed by atoms with Crippen molar-refractivity contribution in [3.63, 3.8) is 0 Å². The maximum Gasteiger partial charge on any atom is 0.190 e. The molecular formula is C24H24FN7O. The Bertz CT molecular complexity index is 1270. The van der Waals surface area contributed by atoms with Crippen molar-refractivity contribution in [2.75, 3.05) is 25.9 Å². The average molecular weight is 446 g/mol. The number of benzene rings is 2. The molecule has 5 rings (SSSR count). The molecule has 1 aliphatic rings. The molecule has 0 amide bonds. The van der Waals surface area contributed by atoms with Gasteiger partial charge in [-0.05, 0) is 65.7 Å². The van der Waals surface area contributed by atoms with Crippen LogP contribution in [0.1, 0.15) is 18.4 Å². The molecule has 0 aliphatic carbocycles. The summed E-state index contributed by atoms with van der Waals surface area (Å²) >= 11 is 0. The van der Waals surface area contributed by atoms with Crippen molar-refractivity contribution in [1.82, 2.24) is 30.1 Å². The van der Waals surface area contributed by atoms with Gasteiger partial charge in [0, 0.05) is 24.4 Å².